The van der Waals surface area contributed by atoms with Crippen molar-refractivity contribution in [1.82, 2.24) is 0 Å². The summed E-state index contributed by atoms with van der Waals surface area (Å²) in [6, 6.07) is 8.88. The molecule has 9 heteroatoms. The summed E-state index contributed by atoms with van der Waals surface area (Å²) in [5.74, 6) is -1.83. The second kappa shape index (κ2) is 7.89. The summed E-state index contributed by atoms with van der Waals surface area (Å²) in [5, 5.41) is 52.9. The largest absolute Gasteiger partial charge is 0.504 e. The Labute approximate surface area is 188 Å². The van der Waals surface area contributed by atoms with Gasteiger partial charge in [0.25, 0.3) is 0 Å². The number of hydrogen-bond acceptors (Lipinski definition) is 9. The SMILES string of the molecule is O=C1c2ccccc2C(=O)c2c1ccc(O[C@H]1O[C@@H](C3(O)CCCC3)[C@H](O)[C@@H](O)[C@@H]1O)c2O. The lowest BCUT2D eigenvalue weighted by molar-refractivity contribution is -0.304. The van der Waals surface area contributed by atoms with Crippen LogP contribution in [0, 0.1) is 0 Å². The number of aliphatic hydroxyl groups is 4. The van der Waals surface area contributed by atoms with Crippen LogP contribution in [0.4, 0.5) is 0 Å². The van der Waals surface area contributed by atoms with Crippen LogP contribution in [0.25, 0.3) is 0 Å². The van der Waals surface area contributed by atoms with E-state index < -0.39 is 53.6 Å². The van der Waals surface area contributed by atoms with Crippen LogP contribution in [0.5, 0.6) is 11.5 Å². The number of benzene rings is 2. The van der Waals surface area contributed by atoms with E-state index in [9.17, 15) is 35.1 Å². The average Bonchev–Trinajstić information content (AvgIpc) is 3.26. The zero-order valence-corrected chi connectivity index (χ0v) is 17.5. The molecule has 33 heavy (non-hydrogen) atoms. The van der Waals surface area contributed by atoms with Gasteiger partial charge in [0.15, 0.2) is 23.1 Å². The normalized spacial score (nSPS) is 30.6. The Morgan fingerprint density at radius 1 is 0.848 bits per heavy atom. The van der Waals surface area contributed by atoms with Crippen molar-refractivity contribution in [2.75, 3.05) is 0 Å². The molecule has 5 atom stereocenters. The first kappa shape index (κ1) is 22.0. The van der Waals surface area contributed by atoms with Crippen molar-refractivity contribution < 1.29 is 44.6 Å². The second-order valence-corrected chi connectivity index (χ2v) is 8.86. The molecule has 2 fully saturated rings. The third kappa shape index (κ3) is 3.35. The number of hydrogen-bond donors (Lipinski definition) is 5. The van der Waals surface area contributed by atoms with E-state index in [-0.39, 0.29) is 28.0 Å². The average molecular weight is 456 g/mol. The molecule has 2 aromatic rings. The zero-order chi connectivity index (χ0) is 23.5. The predicted molar refractivity (Wildman–Crippen MR) is 112 cm³/mol. The fourth-order valence-electron chi connectivity index (χ4n) is 5.03. The number of ketones is 2. The lowest BCUT2D eigenvalue weighted by Gasteiger charge is -2.45. The highest BCUT2D eigenvalue weighted by Crippen LogP contribution is 2.42. The van der Waals surface area contributed by atoms with Crippen molar-refractivity contribution in [3.8, 4) is 11.5 Å². The maximum Gasteiger partial charge on any atom is 0.229 e. The van der Waals surface area contributed by atoms with Crippen molar-refractivity contribution in [1.29, 1.82) is 0 Å². The summed E-state index contributed by atoms with van der Waals surface area (Å²) < 4.78 is 11.3. The molecule has 0 radical (unpaired) electrons. The lowest BCUT2D eigenvalue weighted by Crippen LogP contribution is -2.65. The summed E-state index contributed by atoms with van der Waals surface area (Å²) >= 11 is 0. The molecular weight excluding hydrogens is 432 g/mol. The molecule has 1 saturated carbocycles. The van der Waals surface area contributed by atoms with Crippen molar-refractivity contribution >= 4 is 11.6 Å². The molecule has 0 aromatic heterocycles. The minimum absolute atomic E-state index is 0.0160. The Morgan fingerprint density at radius 3 is 2.15 bits per heavy atom. The molecule has 0 spiro atoms. The van der Waals surface area contributed by atoms with Gasteiger partial charge >= 0.3 is 0 Å². The molecule has 0 bridgehead atoms. The maximum absolute atomic E-state index is 13.0. The van der Waals surface area contributed by atoms with Crippen LogP contribution in [0.15, 0.2) is 36.4 Å². The van der Waals surface area contributed by atoms with Gasteiger partial charge in [-0.15, -0.1) is 0 Å². The number of phenols is 1. The molecule has 0 unspecified atom stereocenters. The van der Waals surface area contributed by atoms with Crippen LogP contribution in [0.1, 0.15) is 57.5 Å². The van der Waals surface area contributed by atoms with Crippen LogP contribution in [0.3, 0.4) is 0 Å². The van der Waals surface area contributed by atoms with Gasteiger partial charge in [-0.3, -0.25) is 9.59 Å². The Kier molecular flexibility index (Phi) is 5.26. The van der Waals surface area contributed by atoms with E-state index in [1.54, 1.807) is 12.1 Å². The van der Waals surface area contributed by atoms with Gasteiger partial charge in [-0.25, -0.2) is 0 Å². The van der Waals surface area contributed by atoms with E-state index in [0.29, 0.717) is 12.8 Å². The summed E-state index contributed by atoms with van der Waals surface area (Å²) in [6.45, 7) is 0. The molecule has 5 rings (SSSR count). The van der Waals surface area contributed by atoms with E-state index in [1.807, 2.05) is 0 Å². The number of ether oxygens (including phenoxy) is 2. The Balaban J connectivity index is 1.47. The van der Waals surface area contributed by atoms with Gasteiger partial charge in [0.05, 0.1) is 11.2 Å². The molecule has 1 aliphatic heterocycles. The van der Waals surface area contributed by atoms with Crippen LogP contribution < -0.4 is 4.74 Å². The molecule has 5 N–H and O–H groups in total. The number of carbonyl (C=O) groups excluding carboxylic acids is 2. The molecular formula is C24H24O9. The van der Waals surface area contributed by atoms with E-state index >= 15 is 0 Å². The van der Waals surface area contributed by atoms with Crippen LogP contribution in [-0.2, 0) is 4.74 Å². The number of rotatable bonds is 3. The highest BCUT2D eigenvalue weighted by atomic mass is 16.7. The Bertz CT molecular complexity index is 1120. The van der Waals surface area contributed by atoms with Gasteiger partial charge in [0.2, 0.25) is 6.29 Å². The molecule has 2 aliphatic carbocycles. The van der Waals surface area contributed by atoms with Gasteiger partial charge in [-0.2, -0.15) is 0 Å². The van der Waals surface area contributed by atoms with E-state index in [4.69, 9.17) is 9.47 Å². The minimum Gasteiger partial charge on any atom is -0.504 e. The molecule has 2 aromatic carbocycles. The van der Waals surface area contributed by atoms with E-state index in [0.717, 1.165) is 12.8 Å². The van der Waals surface area contributed by atoms with Gasteiger partial charge in [0, 0.05) is 16.7 Å². The van der Waals surface area contributed by atoms with Gasteiger partial charge in [-0.1, -0.05) is 37.1 Å². The van der Waals surface area contributed by atoms with Crippen molar-refractivity contribution in [3.05, 3.63) is 58.7 Å². The molecule has 0 amide bonds. The first-order chi connectivity index (χ1) is 15.7. The lowest BCUT2D eigenvalue weighted by atomic mass is 9.83. The standard InChI is InChI=1S/C24H24O9/c25-16-11-5-1-2-6-12(11)17(26)15-13(16)7-8-14(18(15)27)32-23-21(30)19(28)20(29)22(33-23)24(31)9-3-4-10-24/h1-2,5-8,19-23,27-31H,3-4,9-10H2/t19-,20-,21+,22-,23+/m1/s1. The fraction of sp³-hybridized carbons (Fsp3) is 0.417. The monoisotopic (exact) mass is 456 g/mol. The number of carbonyl (C=O) groups is 2. The predicted octanol–water partition coefficient (Wildman–Crippen LogP) is 0.659. The highest BCUT2D eigenvalue weighted by molar-refractivity contribution is 6.29. The summed E-state index contributed by atoms with van der Waals surface area (Å²) in [4.78, 5) is 25.8. The van der Waals surface area contributed by atoms with Gasteiger partial charge < -0.3 is 35.0 Å². The van der Waals surface area contributed by atoms with Crippen LogP contribution >= 0.6 is 0 Å². The third-order valence-corrected chi connectivity index (χ3v) is 6.84. The molecule has 9 nitrogen and oxygen atoms in total. The summed E-state index contributed by atoms with van der Waals surface area (Å²) in [5.41, 5.74) is -1.22. The highest BCUT2D eigenvalue weighted by Gasteiger charge is 2.54. The number of aromatic hydroxyl groups is 1. The first-order valence-corrected chi connectivity index (χ1v) is 10.9. The smallest absolute Gasteiger partial charge is 0.229 e. The fourth-order valence-corrected chi connectivity index (χ4v) is 5.03. The Morgan fingerprint density at radius 2 is 1.48 bits per heavy atom. The van der Waals surface area contributed by atoms with Crippen LogP contribution in [-0.4, -0.2) is 73.4 Å². The number of phenolic OH excluding ortho intramolecular Hbond substituents is 1. The maximum atomic E-state index is 13.0. The first-order valence-electron chi connectivity index (χ1n) is 10.9. The van der Waals surface area contributed by atoms with Crippen molar-refractivity contribution in [2.45, 2.75) is 62.0 Å². The molecule has 1 saturated heterocycles. The van der Waals surface area contributed by atoms with E-state index in [1.165, 1.54) is 24.3 Å². The topological polar surface area (TPSA) is 154 Å². The van der Waals surface area contributed by atoms with Gasteiger partial charge in [0.1, 0.15) is 24.4 Å². The third-order valence-electron chi connectivity index (χ3n) is 6.84. The number of aliphatic hydroxyl groups excluding tert-OH is 3. The minimum atomic E-state index is -1.70. The number of fused-ring (bicyclic) bond motifs is 2. The Hall–Kier alpha value is -2.82. The van der Waals surface area contributed by atoms with Crippen molar-refractivity contribution in [2.24, 2.45) is 0 Å². The van der Waals surface area contributed by atoms with E-state index in [2.05, 4.69) is 0 Å². The second-order valence-electron chi connectivity index (χ2n) is 8.86. The van der Waals surface area contributed by atoms with Crippen LogP contribution in [0.2, 0.25) is 0 Å². The molecule has 3 aliphatic rings. The van der Waals surface area contributed by atoms with Crippen molar-refractivity contribution in [3.63, 3.8) is 0 Å². The summed E-state index contributed by atoms with van der Waals surface area (Å²) in [7, 11) is 0. The van der Waals surface area contributed by atoms with Gasteiger partial charge in [-0.05, 0) is 25.0 Å². The summed E-state index contributed by atoms with van der Waals surface area (Å²) in [6.07, 6.45) is -5.55. The molecule has 174 valence electrons. The molecule has 1 heterocycles. The zero-order valence-electron chi connectivity index (χ0n) is 17.5. The quantitative estimate of drug-likeness (QED) is 0.382.